The van der Waals surface area contributed by atoms with E-state index in [2.05, 4.69) is 27.5 Å². The van der Waals surface area contributed by atoms with Crippen LogP contribution in [0.4, 0.5) is 16.3 Å². The second-order valence-corrected chi connectivity index (χ2v) is 4.41. The van der Waals surface area contributed by atoms with Crippen molar-refractivity contribution in [3.05, 3.63) is 16.7 Å². The molecule has 0 atom stereocenters. The second kappa shape index (κ2) is 7.40. The summed E-state index contributed by atoms with van der Waals surface area (Å²) in [5.41, 5.74) is -0.220. The molecule has 0 radical (unpaired) electrons. The Hall–Kier alpha value is -2.05. The maximum absolute atomic E-state index is 11.7. The highest BCUT2D eigenvalue weighted by atomic mass is 16.2. The Labute approximate surface area is 112 Å². The minimum Gasteiger partial charge on any atom is -0.361 e. The Morgan fingerprint density at radius 3 is 2.79 bits per heavy atom. The van der Waals surface area contributed by atoms with Crippen molar-refractivity contribution >= 4 is 17.5 Å². The van der Waals surface area contributed by atoms with Gasteiger partial charge in [0.15, 0.2) is 11.5 Å². The largest absolute Gasteiger partial charge is 0.361 e. The van der Waals surface area contributed by atoms with Crippen LogP contribution in [0.5, 0.6) is 0 Å². The highest BCUT2D eigenvalue weighted by molar-refractivity contribution is 5.91. The van der Waals surface area contributed by atoms with Crippen molar-refractivity contribution in [1.82, 2.24) is 15.3 Å². The van der Waals surface area contributed by atoms with Crippen molar-refractivity contribution in [2.45, 2.75) is 26.2 Å². The monoisotopic (exact) mass is 267 g/mol. The van der Waals surface area contributed by atoms with Crippen molar-refractivity contribution < 1.29 is 4.79 Å². The van der Waals surface area contributed by atoms with Gasteiger partial charge in [-0.15, -0.1) is 0 Å². The van der Waals surface area contributed by atoms with Gasteiger partial charge in [0, 0.05) is 20.6 Å². The van der Waals surface area contributed by atoms with Crippen LogP contribution in [0.2, 0.25) is 0 Å². The molecule has 0 aromatic carbocycles. The maximum Gasteiger partial charge on any atom is 0.319 e. The highest BCUT2D eigenvalue weighted by Crippen LogP contribution is 2.14. The van der Waals surface area contributed by atoms with Crippen LogP contribution < -0.4 is 21.1 Å². The third-order valence-electron chi connectivity index (χ3n) is 2.56. The number of unbranched alkanes of at least 4 members (excludes halogenated alkanes) is 2. The molecule has 1 aromatic rings. The minimum atomic E-state index is -0.391. The van der Waals surface area contributed by atoms with Gasteiger partial charge in [0.2, 0.25) is 0 Å². The van der Waals surface area contributed by atoms with E-state index in [1.54, 1.807) is 19.0 Å². The number of aromatic nitrogens is 2. The van der Waals surface area contributed by atoms with Crippen molar-refractivity contribution in [3.8, 4) is 0 Å². The van der Waals surface area contributed by atoms with E-state index in [-0.39, 0.29) is 11.2 Å². The van der Waals surface area contributed by atoms with Crippen molar-refractivity contribution in [2.24, 2.45) is 0 Å². The second-order valence-electron chi connectivity index (χ2n) is 4.41. The van der Waals surface area contributed by atoms with E-state index in [0.717, 1.165) is 19.3 Å². The lowest BCUT2D eigenvalue weighted by Crippen LogP contribution is -2.33. The number of rotatable bonds is 6. The number of carbonyl (C=O) groups excluding carboxylic acids is 1. The smallest absolute Gasteiger partial charge is 0.319 e. The van der Waals surface area contributed by atoms with Crippen molar-refractivity contribution in [3.63, 3.8) is 0 Å². The molecule has 2 amide bonds. The minimum absolute atomic E-state index is 0.153. The number of amides is 2. The number of urea groups is 1. The molecule has 0 aliphatic carbocycles. The predicted octanol–water partition coefficient (Wildman–Crippen LogP) is 1.15. The van der Waals surface area contributed by atoms with Gasteiger partial charge in [-0.05, 0) is 6.42 Å². The van der Waals surface area contributed by atoms with E-state index in [1.807, 2.05) is 0 Å². The number of hydrogen-bond donors (Lipinski definition) is 3. The zero-order valence-electron chi connectivity index (χ0n) is 11.6. The van der Waals surface area contributed by atoms with E-state index >= 15 is 0 Å². The molecule has 1 rings (SSSR count). The molecule has 0 fully saturated rings. The molecule has 19 heavy (non-hydrogen) atoms. The Kier molecular flexibility index (Phi) is 5.84. The molecule has 3 N–H and O–H groups in total. The van der Waals surface area contributed by atoms with Gasteiger partial charge in [-0.25, -0.2) is 9.78 Å². The number of carbonyl (C=O) groups is 1. The zero-order chi connectivity index (χ0) is 14.3. The average molecular weight is 267 g/mol. The molecular formula is C12H21N5O2. The summed E-state index contributed by atoms with van der Waals surface area (Å²) in [4.78, 5) is 31.5. The highest BCUT2D eigenvalue weighted by Gasteiger charge is 2.13. The summed E-state index contributed by atoms with van der Waals surface area (Å²) in [6.07, 6.45) is 4.39. The van der Waals surface area contributed by atoms with E-state index in [1.165, 1.54) is 6.33 Å². The van der Waals surface area contributed by atoms with E-state index in [4.69, 9.17) is 0 Å². The van der Waals surface area contributed by atoms with Crippen LogP contribution in [-0.4, -0.2) is 36.6 Å². The molecule has 0 bridgehead atoms. The number of H-pyrrole nitrogens is 1. The van der Waals surface area contributed by atoms with Gasteiger partial charge in [0.25, 0.3) is 5.56 Å². The summed E-state index contributed by atoms with van der Waals surface area (Å²) in [6.45, 7) is 2.69. The third-order valence-corrected chi connectivity index (χ3v) is 2.56. The van der Waals surface area contributed by atoms with Gasteiger partial charge >= 0.3 is 6.03 Å². The van der Waals surface area contributed by atoms with Crippen LogP contribution >= 0.6 is 0 Å². The molecular weight excluding hydrogens is 246 g/mol. The summed E-state index contributed by atoms with van der Waals surface area (Å²) in [5.74, 6) is 0.424. The van der Waals surface area contributed by atoms with Gasteiger partial charge in [-0.1, -0.05) is 19.8 Å². The van der Waals surface area contributed by atoms with Crippen molar-refractivity contribution in [1.29, 1.82) is 0 Å². The first-order valence-corrected chi connectivity index (χ1v) is 6.36. The third kappa shape index (κ3) is 4.61. The van der Waals surface area contributed by atoms with Crippen LogP contribution in [0.3, 0.4) is 0 Å². The van der Waals surface area contributed by atoms with Crippen LogP contribution in [-0.2, 0) is 0 Å². The topological polar surface area (TPSA) is 90.1 Å². The number of anilines is 2. The van der Waals surface area contributed by atoms with Crippen molar-refractivity contribution in [2.75, 3.05) is 30.9 Å². The summed E-state index contributed by atoms with van der Waals surface area (Å²) in [5, 5.41) is 5.25. The number of aromatic amines is 1. The van der Waals surface area contributed by atoms with E-state index in [0.29, 0.717) is 12.4 Å². The van der Waals surface area contributed by atoms with Gasteiger partial charge in [0.1, 0.15) is 0 Å². The Bertz CT molecular complexity index is 469. The summed E-state index contributed by atoms with van der Waals surface area (Å²) < 4.78 is 0. The summed E-state index contributed by atoms with van der Waals surface area (Å²) >= 11 is 0. The normalized spacial score (nSPS) is 10.1. The Morgan fingerprint density at radius 1 is 1.42 bits per heavy atom. The molecule has 0 aliphatic rings. The molecule has 0 saturated heterocycles. The molecule has 0 aliphatic heterocycles. The van der Waals surface area contributed by atoms with Crippen LogP contribution in [0.25, 0.3) is 0 Å². The number of nitrogens with zero attached hydrogens (tertiary/aromatic N) is 2. The predicted molar refractivity (Wildman–Crippen MR) is 75.7 cm³/mol. The van der Waals surface area contributed by atoms with Crippen LogP contribution in [0.15, 0.2) is 11.1 Å². The molecule has 0 spiro atoms. The molecule has 7 nitrogen and oxygen atoms in total. The first-order valence-electron chi connectivity index (χ1n) is 6.36. The summed E-state index contributed by atoms with van der Waals surface area (Å²) in [7, 11) is 3.51. The lowest BCUT2D eigenvalue weighted by atomic mass is 10.2. The number of hydrogen-bond acceptors (Lipinski definition) is 4. The lowest BCUT2D eigenvalue weighted by molar-refractivity contribution is 0.252. The maximum atomic E-state index is 11.7. The fourth-order valence-electron chi connectivity index (χ4n) is 1.58. The molecule has 106 valence electrons. The molecule has 0 saturated carbocycles. The van der Waals surface area contributed by atoms with E-state index < -0.39 is 6.03 Å². The van der Waals surface area contributed by atoms with Gasteiger partial charge in [-0.3, -0.25) is 4.79 Å². The van der Waals surface area contributed by atoms with Crippen LogP contribution in [0, 0.1) is 0 Å². The standard InChI is InChI=1S/C12H21N5O2/c1-4-5-6-7-13-12(19)16-9-10(17(2)3)14-8-15-11(9)18/h8H,4-7H2,1-3H3,(H2,13,16,19)(H,14,15,18). The first-order chi connectivity index (χ1) is 9.06. The SMILES string of the molecule is CCCCCNC(=O)Nc1c(N(C)C)nc[nH]c1=O. The molecule has 0 unspecified atom stereocenters. The lowest BCUT2D eigenvalue weighted by Gasteiger charge is -2.15. The van der Waals surface area contributed by atoms with E-state index in [9.17, 15) is 9.59 Å². The zero-order valence-corrected chi connectivity index (χ0v) is 11.6. The van der Waals surface area contributed by atoms with Gasteiger partial charge in [-0.2, -0.15) is 0 Å². The first kappa shape index (κ1) is 15.0. The van der Waals surface area contributed by atoms with Crippen LogP contribution in [0.1, 0.15) is 26.2 Å². The quantitative estimate of drug-likeness (QED) is 0.674. The Balaban J connectivity index is 2.66. The molecule has 1 aromatic heterocycles. The number of nitrogens with one attached hydrogen (secondary N) is 3. The van der Waals surface area contributed by atoms with Gasteiger partial charge in [0.05, 0.1) is 6.33 Å². The fourth-order valence-corrected chi connectivity index (χ4v) is 1.58. The van der Waals surface area contributed by atoms with Gasteiger partial charge < -0.3 is 20.5 Å². The Morgan fingerprint density at radius 2 is 2.16 bits per heavy atom. The fraction of sp³-hybridized carbons (Fsp3) is 0.583. The molecule has 1 heterocycles. The summed E-state index contributed by atoms with van der Waals surface area (Å²) in [6, 6.07) is -0.391. The average Bonchev–Trinajstić information content (AvgIpc) is 2.37. The molecule has 7 heteroatoms.